The first-order valence-corrected chi connectivity index (χ1v) is 4.31. The molecule has 0 radical (unpaired) electrons. The van der Waals surface area contributed by atoms with Gasteiger partial charge in [0, 0.05) is 24.5 Å². The summed E-state index contributed by atoms with van der Waals surface area (Å²) < 4.78 is 0. The van der Waals surface area contributed by atoms with Crippen molar-refractivity contribution in [2.75, 3.05) is 6.54 Å². The second kappa shape index (κ2) is 4.15. The number of nitrogens with zero attached hydrogens (tertiary/aromatic N) is 2. The molecule has 1 heterocycles. The van der Waals surface area contributed by atoms with Crippen LogP contribution in [-0.4, -0.2) is 28.0 Å². The molecule has 0 unspecified atom stereocenters. The largest absolute Gasteiger partial charge is 0.350 e. The molecule has 0 bridgehead atoms. The molecule has 0 aliphatic carbocycles. The lowest BCUT2D eigenvalue weighted by Gasteiger charge is -2.18. The highest BCUT2D eigenvalue weighted by Crippen LogP contribution is 1.96. The van der Waals surface area contributed by atoms with Crippen LogP contribution in [0.1, 0.15) is 24.2 Å². The van der Waals surface area contributed by atoms with E-state index in [1.54, 1.807) is 0 Å². The lowest BCUT2D eigenvalue weighted by molar-refractivity contribution is 0.0945. The normalized spacial score (nSPS) is 11.1. The van der Waals surface area contributed by atoms with Crippen LogP contribution in [0.3, 0.4) is 0 Å². The van der Waals surface area contributed by atoms with Gasteiger partial charge in [0.05, 0.1) is 5.56 Å². The van der Waals surface area contributed by atoms with Gasteiger partial charge in [0.25, 0.3) is 5.91 Å². The Labute approximate surface area is 82.7 Å². The van der Waals surface area contributed by atoms with E-state index in [4.69, 9.17) is 5.73 Å². The zero-order valence-electron chi connectivity index (χ0n) is 8.32. The van der Waals surface area contributed by atoms with E-state index in [0.717, 1.165) is 0 Å². The molecular weight excluding hydrogens is 180 g/mol. The highest BCUT2D eigenvalue weighted by Gasteiger charge is 2.13. The minimum atomic E-state index is -0.411. The maximum atomic E-state index is 11.4. The summed E-state index contributed by atoms with van der Waals surface area (Å²) in [7, 11) is 0. The Kier molecular flexibility index (Phi) is 3.14. The summed E-state index contributed by atoms with van der Waals surface area (Å²) in [6.07, 6.45) is 4.31. The molecule has 5 nitrogen and oxygen atoms in total. The van der Waals surface area contributed by atoms with Crippen LogP contribution < -0.4 is 11.1 Å². The lowest BCUT2D eigenvalue weighted by Crippen LogP contribution is -2.45. The Bertz CT molecular complexity index is 304. The van der Waals surface area contributed by atoms with Crippen LogP contribution in [-0.2, 0) is 0 Å². The zero-order valence-corrected chi connectivity index (χ0v) is 8.32. The van der Waals surface area contributed by atoms with E-state index >= 15 is 0 Å². The van der Waals surface area contributed by atoms with Crippen molar-refractivity contribution in [1.82, 2.24) is 15.3 Å². The third-order valence-corrected chi connectivity index (χ3v) is 1.53. The van der Waals surface area contributed by atoms with Crippen molar-refractivity contribution >= 4 is 5.91 Å². The van der Waals surface area contributed by atoms with Crippen molar-refractivity contribution in [2.45, 2.75) is 19.4 Å². The van der Waals surface area contributed by atoms with Gasteiger partial charge in [-0.3, -0.25) is 4.79 Å². The molecule has 5 heteroatoms. The summed E-state index contributed by atoms with van der Waals surface area (Å²) in [6, 6.07) is 0. The van der Waals surface area contributed by atoms with Crippen molar-refractivity contribution in [3.8, 4) is 0 Å². The average Bonchev–Trinajstić information content (AvgIpc) is 2.14. The Balaban J connectivity index is 2.52. The van der Waals surface area contributed by atoms with E-state index < -0.39 is 5.54 Å². The summed E-state index contributed by atoms with van der Waals surface area (Å²) in [6.45, 7) is 4.10. The Hall–Kier alpha value is -1.49. The van der Waals surface area contributed by atoms with E-state index in [9.17, 15) is 4.79 Å². The van der Waals surface area contributed by atoms with Crippen LogP contribution in [0.25, 0.3) is 0 Å². The highest BCUT2D eigenvalue weighted by atomic mass is 16.1. The molecule has 76 valence electrons. The van der Waals surface area contributed by atoms with Crippen LogP contribution >= 0.6 is 0 Å². The molecule has 1 amide bonds. The van der Waals surface area contributed by atoms with Gasteiger partial charge in [-0.15, -0.1) is 0 Å². The zero-order chi connectivity index (χ0) is 10.6. The van der Waals surface area contributed by atoms with Gasteiger partial charge < -0.3 is 11.1 Å². The first-order chi connectivity index (χ1) is 6.49. The predicted octanol–water partition coefficient (Wildman–Crippen LogP) is -0.0563. The van der Waals surface area contributed by atoms with Crippen molar-refractivity contribution in [3.05, 3.63) is 24.3 Å². The summed E-state index contributed by atoms with van der Waals surface area (Å²) in [5, 5.41) is 2.69. The molecular formula is C9H14N4O. The predicted molar refractivity (Wildman–Crippen MR) is 52.6 cm³/mol. The van der Waals surface area contributed by atoms with E-state index in [2.05, 4.69) is 15.3 Å². The quantitative estimate of drug-likeness (QED) is 0.706. The number of carbonyl (C=O) groups is 1. The van der Waals surface area contributed by atoms with Crippen molar-refractivity contribution in [1.29, 1.82) is 0 Å². The molecule has 14 heavy (non-hydrogen) atoms. The first-order valence-electron chi connectivity index (χ1n) is 4.31. The van der Waals surface area contributed by atoms with E-state index in [0.29, 0.717) is 12.1 Å². The summed E-state index contributed by atoms with van der Waals surface area (Å²) >= 11 is 0. The average molecular weight is 194 g/mol. The number of rotatable bonds is 3. The first kappa shape index (κ1) is 10.6. The monoisotopic (exact) mass is 194 g/mol. The fraction of sp³-hybridized carbons (Fsp3) is 0.444. The molecule has 0 spiro atoms. The maximum Gasteiger partial charge on any atom is 0.254 e. The SMILES string of the molecule is CC(C)(N)CNC(=O)c1cncnc1. The standard InChI is InChI=1S/C9H14N4O/c1-9(2,10)5-13-8(14)7-3-11-6-12-4-7/h3-4,6H,5,10H2,1-2H3,(H,13,14). The molecule has 0 fully saturated rings. The molecule has 1 rings (SSSR count). The van der Waals surface area contributed by atoms with Crippen LogP contribution in [0, 0.1) is 0 Å². The van der Waals surface area contributed by atoms with Crippen LogP contribution in [0.4, 0.5) is 0 Å². The molecule has 0 aromatic carbocycles. The van der Waals surface area contributed by atoms with Crippen molar-refractivity contribution in [3.63, 3.8) is 0 Å². The maximum absolute atomic E-state index is 11.4. The molecule has 0 aliphatic heterocycles. The third-order valence-electron chi connectivity index (χ3n) is 1.53. The molecule has 0 aliphatic rings. The number of amides is 1. The Morgan fingerprint density at radius 3 is 2.57 bits per heavy atom. The number of hydrogen-bond donors (Lipinski definition) is 2. The molecule has 0 atom stereocenters. The van der Waals surface area contributed by atoms with Gasteiger partial charge in [0.1, 0.15) is 6.33 Å². The van der Waals surface area contributed by atoms with Gasteiger partial charge in [-0.05, 0) is 13.8 Å². The Morgan fingerprint density at radius 2 is 2.07 bits per heavy atom. The van der Waals surface area contributed by atoms with Crippen molar-refractivity contribution < 1.29 is 4.79 Å². The van der Waals surface area contributed by atoms with Gasteiger partial charge in [-0.25, -0.2) is 9.97 Å². The smallest absolute Gasteiger partial charge is 0.254 e. The number of aromatic nitrogens is 2. The van der Waals surface area contributed by atoms with Gasteiger partial charge in [-0.2, -0.15) is 0 Å². The molecule has 3 N–H and O–H groups in total. The van der Waals surface area contributed by atoms with Gasteiger partial charge in [-0.1, -0.05) is 0 Å². The van der Waals surface area contributed by atoms with Gasteiger partial charge in [0.2, 0.25) is 0 Å². The minimum Gasteiger partial charge on any atom is -0.350 e. The fourth-order valence-corrected chi connectivity index (χ4v) is 0.826. The summed E-state index contributed by atoms with van der Waals surface area (Å²) in [5.74, 6) is -0.205. The van der Waals surface area contributed by atoms with Crippen molar-refractivity contribution in [2.24, 2.45) is 5.73 Å². The fourth-order valence-electron chi connectivity index (χ4n) is 0.826. The number of carbonyl (C=O) groups excluding carboxylic acids is 1. The van der Waals surface area contributed by atoms with E-state index in [-0.39, 0.29) is 5.91 Å². The van der Waals surface area contributed by atoms with E-state index in [1.807, 2.05) is 13.8 Å². The van der Waals surface area contributed by atoms with Crippen LogP contribution in [0.5, 0.6) is 0 Å². The molecule has 1 aromatic heterocycles. The Morgan fingerprint density at radius 1 is 1.50 bits per heavy atom. The highest BCUT2D eigenvalue weighted by molar-refractivity contribution is 5.93. The summed E-state index contributed by atoms with van der Waals surface area (Å²) in [4.78, 5) is 18.9. The second-order valence-electron chi connectivity index (χ2n) is 3.80. The molecule has 1 aromatic rings. The number of nitrogens with one attached hydrogen (secondary N) is 1. The lowest BCUT2D eigenvalue weighted by atomic mass is 10.1. The minimum absolute atomic E-state index is 0.205. The molecule has 0 saturated carbocycles. The van der Waals surface area contributed by atoms with Gasteiger partial charge >= 0.3 is 0 Å². The van der Waals surface area contributed by atoms with Gasteiger partial charge in [0.15, 0.2) is 0 Å². The molecule has 0 saturated heterocycles. The third kappa shape index (κ3) is 3.49. The van der Waals surface area contributed by atoms with Crippen LogP contribution in [0.2, 0.25) is 0 Å². The second-order valence-corrected chi connectivity index (χ2v) is 3.80. The number of nitrogens with two attached hydrogens (primary N) is 1. The summed E-state index contributed by atoms with van der Waals surface area (Å²) in [5.41, 5.74) is 5.75. The topological polar surface area (TPSA) is 80.9 Å². The van der Waals surface area contributed by atoms with E-state index in [1.165, 1.54) is 18.7 Å². The number of hydrogen-bond acceptors (Lipinski definition) is 4. The van der Waals surface area contributed by atoms with Crippen LogP contribution in [0.15, 0.2) is 18.7 Å².